The van der Waals surface area contributed by atoms with E-state index in [9.17, 15) is 9.90 Å². The maximum absolute atomic E-state index is 12.2. The average Bonchev–Trinajstić information content (AvgIpc) is 3.06. The number of halogens is 1. The Kier molecular flexibility index (Phi) is 6.82. The van der Waals surface area contributed by atoms with Gasteiger partial charge < -0.3 is 19.5 Å². The quantitative estimate of drug-likeness (QED) is 0.514. The highest BCUT2D eigenvalue weighted by Crippen LogP contribution is 2.33. The van der Waals surface area contributed by atoms with E-state index in [1.165, 1.54) is 4.90 Å². The monoisotopic (exact) mass is 461 g/mol. The third-order valence-electron chi connectivity index (χ3n) is 4.32. The van der Waals surface area contributed by atoms with Crippen LogP contribution >= 0.6 is 15.9 Å². The molecule has 1 amide bonds. The summed E-state index contributed by atoms with van der Waals surface area (Å²) in [6.07, 6.45) is 0.0122. The largest absolute Gasteiger partial charge is 0.444 e. The van der Waals surface area contributed by atoms with Gasteiger partial charge in [-0.05, 0) is 48.8 Å². The first-order chi connectivity index (χ1) is 12.3. The Labute approximate surface area is 171 Å². The van der Waals surface area contributed by atoms with E-state index >= 15 is 0 Å². The van der Waals surface area contributed by atoms with Gasteiger partial charge in [0.05, 0.1) is 12.2 Å². The number of likely N-dealkylation sites (tertiary alicyclic amines) is 1. The SMILES string of the molecule is CC(C)(C)OC(=O)N1CCC(O)(c2cc(Br)n(COCC[Si](C)(C)C)n2)C1. The van der Waals surface area contributed by atoms with Crippen LogP contribution in [0.2, 0.25) is 25.7 Å². The van der Waals surface area contributed by atoms with E-state index in [4.69, 9.17) is 9.47 Å². The first-order valence-electron chi connectivity index (χ1n) is 9.31. The van der Waals surface area contributed by atoms with Crippen molar-refractivity contribution >= 4 is 30.1 Å². The molecule has 1 aromatic rings. The Balaban J connectivity index is 1.97. The number of amides is 1. The molecule has 0 aliphatic carbocycles. The second-order valence-corrected chi connectivity index (χ2v) is 15.8. The molecule has 1 aliphatic rings. The minimum Gasteiger partial charge on any atom is -0.444 e. The summed E-state index contributed by atoms with van der Waals surface area (Å²) in [5, 5.41) is 15.5. The number of nitrogens with zero attached hydrogens (tertiary/aromatic N) is 3. The van der Waals surface area contributed by atoms with Crippen LogP contribution in [0, 0.1) is 0 Å². The van der Waals surface area contributed by atoms with Gasteiger partial charge in [0.15, 0.2) is 0 Å². The van der Waals surface area contributed by atoms with Crippen molar-refractivity contribution in [3.8, 4) is 0 Å². The fourth-order valence-electron chi connectivity index (χ4n) is 2.73. The molecule has 0 radical (unpaired) electrons. The molecular formula is C18H32BrN3O4Si. The first-order valence-corrected chi connectivity index (χ1v) is 13.8. The third kappa shape index (κ3) is 6.58. The molecule has 1 saturated heterocycles. The van der Waals surface area contributed by atoms with Crippen molar-refractivity contribution in [2.24, 2.45) is 0 Å². The number of hydrogen-bond donors (Lipinski definition) is 1. The van der Waals surface area contributed by atoms with Crippen LogP contribution in [-0.2, 0) is 21.8 Å². The molecule has 0 saturated carbocycles. The molecule has 0 spiro atoms. The van der Waals surface area contributed by atoms with Crippen LogP contribution in [0.5, 0.6) is 0 Å². The molecule has 27 heavy (non-hydrogen) atoms. The highest BCUT2D eigenvalue weighted by atomic mass is 79.9. The average molecular weight is 462 g/mol. The molecule has 1 aromatic heterocycles. The number of rotatable bonds is 6. The third-order valence-corrected chi connectivity index (χ3v) is 6.66. The van der Waals surface area contributed by atoms with E-state index in [1.54, 1.807) is 10.7 Å². The van der Waals surface area contributed by atoms with E-state index in [-0.39, 0.29) is 6.54 Å². The molecular weight excluding hydrogens is 430 g/mol. The zero-order valence-electron chi connectivity index (χ0n) is 17.2. The standard InChI is InChI=1S/C18H32BrN3O4Si/c1-17(2,3)26-16(23)21-8-7-18(24,12-21)14-11-15(19)22(20-14)13-25-9-10-27(4,5)6/h11,24H,7-10,12-13H2,1-6H3. The van der Waals surface area contributed by atoms with Gasteiger partial charge in [-0.25, -0.2) is 9.48 Å². The number of hydrogen-bond acceptors (Lipinski definition) is 5. The van der Waals surface area contributed by atoms with E-state index in [0.29, 0.717) is 32.0 Å². The van der Waals surface area contributed by atoms with Crippen molar-refractivity contribution in [1.29, 1.82) is 0 Å². The smallest absolute Gasteiger partial charge is 0.410 e. The van der Waals surface area contributed by atoms with Gasteiger partial charge in [0.25, 0.3) is 0 Å². The van der Waals surface area contributed by atoms with Crippen molar-refractivity contribution in [3.63, 3.8) is 0 Å². The second-order valence-electron chi connectivity index (χ2n) is 9.38. The molecule has 1 N–H and O–H groups in total. The summed E-state index contributed by atoms with van der Waals surface area (Å²) in [7, 11) is -1.13. The van der Waals surface area contributed by atoms with Crippen LogP contribution < -0.4 is 0 Å². The maximum atomic E-state index is 12.2. The molecule has 1 unspecified atom stereocenters. The molecule has 9 heteroatoms. The topological polar surface area (TPSA) is 76.8 Å². The van der Waals surface area contributed by atoms with Gasteiger partial charge in [0, 0.05) is 27.6 Å². The fourth-order valence-corrected chi connectivity index (χ4v) is 3.88. The highest BCUT2D eigenvalue weighted by Gasteiger charge is 2.43. The normalized spacial score (nSPS) is 21.0. The van der Waals surface area contributed by atoms with Crippen LogP contribution in [-0.4, -0.2) is 59.3 Å². The number of ether oxygens (including phenoxy) is 2. The second kappa shape index (κ2) is 8.22. The van der Waals surface area contributed by atoms with Gasteiger partial charge >= 0.3 is 6.09 Å². The van der Waals surface area contributed by atoms with Crippen LogP contribution in [0.1, 0.15) is 32.9 Å². The van der Waals surface area contributed by atoms with Crippen molar-refractivity contribution in [2.45, 2.75) is 70.8 Å². The number of aromatic nitrogens is 2. The van der Waals surface area contributed by atoms with Crippen molar-refractivity contribution in [2.75, 3.05) is 19.7 Å². The molecule has 2 heterocycles. The Bertz CT molecular complexity index is 669. The summed E-state index contributed by atoms with van der Waals surface area (Å²) in [6, 6.07) is 2.88. The van der Waals surface area contributed by atoms with Crippen molar-refractivity contribution in [1.82, 2.24) is 14.7 Å². The Morgan fingerprint density at radius 1 is 1.41 bits per heavy atom. The minimum atomic E-state index is -1.18. The van der Waals surface area contributed by atoms with E-state index < -0.39 is 25.4 Å². The predicted molar refractivity (Wildman–Crippen MR) is 110 cm³/mol. The molecule has 7 nitrogen and oxygen atoms in total. The summed E-state index contributed by atoms with van der Waals surface area (Å²) in [4.78, 5) is 13.8. The van der Waals surface area contributed by atoms with Crippen molar-refractivity contribution < 1.29 is 19.4 Å². The number of carbonyl (C=O) groups is 1. The van der Waals surface area contributed by atoms with Crippen LogP contribution in [0.4, 0.5) is 4.79 Å². The lowest BCUT2D eigenvalue weighted by atomic mass is 9.99. The summed E-state index contributed by atoms with van der Waals surface area (Å²) < 4.78 is 13.6. The van der Waals surface area contributed by atoms with Crippen LogP contribution in [0.25, 0.3) is 0 Å². The lowest BCUT2D eigenvalue weighted by molar-refractivity contribution is 0.0117. The van der Waals surface area contributed by atoms with E-state index in [1.807, 2.05) is 20.8 Å². The lowest BCUT2D eigenvalue weighted by Gasteiger charge is -2.25. The van der Waals surface area contributed by atoms with Gasteiger partial charge in [-0.1, -0.05) is 19.6 Å². The molecule has 1 aliphatic heterocycles. The van der Waals surface area contributed by atoms with Gasteiger partial charge in [-0.2, -0.15) is 5.10 Å². The predicted octanol–water partition coefficient (Wildman–Crippen LogP) is 3.79. The van der Waals surface area contributed by atoms with Crippen LogP contribution in [0.15, 0.2) is 10.7 Å². The molecule has 1 atom stereocenters. The summed E-state index contributed by atoms with van der Waals surface area (Å²) in [5.41, 5.74) is -1.20. The number of carbonyl (C=O) groups excluding carboxylic acids is 1. The number of β-amino-alcohol motifs (C(OH)–C–C–N with tert-alkyl or cyclic N) is 1. The van der Waals surface area contributed by atoms with Gasteiger partial charge in [0.2, 0.25) is 0 Å². The summed E-state index contributed by atoms with van der Waals surface area (Å²) in [5.74, 6) is 0. The molecule has 154 valence electrons. The summed E-state index contributed by atoms with van der Waals surface area (Å²) >= 11 is 3.48. The molecule has 0 aromatic carbocycles. The summed E-state index contributed by atoms with van der Waals surface area (Å²) in [6.45, 7) is 14.0. The zero-order chi connectivity index (χ0) is 20.5. The highest BCUT2D eigenvalue weighted by molar-refractivity contribution is 9.10. The van der Waals surface area contributed by atoms with E-state index in [2.05, 4.69) is 40.7 Å². The minimum absolute atomic E-state index is 0.168. The maximum Gasteiger partial charge on any atom is 0.410 e. The Morgan fingerprint density at radius 2 is 2.07 bits per heavy atom. The molecule has 2 rings (SSSR count). The lowest BCUT2D eigenvalue weighted by Crippen LogP contribution is -2.38. The van der Waals surface area contributed by atoms with Gasteiger partial charge in [-0.15, -0.1) is 0 Å². The Morgan fingerprint density at radius 3 is 2.67 bits per heavy atom. The van der Waals surface area contributed by atoms with Gasteiger partial charge in [0.1, 0.15) is 22.5 Å². The van der Waals surface area contributed by atoms with Gasteiger partial charge in [-0.3, -0.25) is 0 Å². The fraction of sp³-hybridized carbons (Fsp3) is 0.778. The first kappa shape index (κ1) is 22.4. The van der Waals surface area contributed by atoms with Crippen molar-refractivity contribution in [3.05, 3.63) is 16.4 Å². The molecule has 0 bridgehead atoms. The van der Waals surface area contributed by atoms with E-state index in [0.717, 1.165) is 10.6 Å². The van der Waals surface area contributed by atoms with Crippen LogP contribution in [0.3, 0.4) is 0 Å². The zero-order valence-corrected chi connectivity index (χ0v) is 19.8. The Hall–Kier alpha value is -0.903. The number of aliphatic hydroxyl groups is 1. The molecule has 1 fully saturated rings.